The first-order chi connectivity index (χ1) is 13.1. The second-order valence-electron chi connectivity index (χ2n) is 7.09. The molecule has 1 atom stereocenters. The van der Waals surface area contributed by atoms with Crippen molar-refractivity contribution in [3.63, 3.8) is 0 Å². The topological polar surface area (TPSA) is 119 Å². The fourth-order valence-electron chi connectivity index (χ4n) is 3.01. The summed E-state index contributed by atoms with van der Waals surface area (Å²) in [6.07, 6.45) is 4.80. The minimum Gasteiger partial charge on any atom is -0.449 e. The van der Waals surface area contributed by atoms with Gasteiger partial charge in [-0.3, -0.25) is 10.1 Å². The Morgan fingerprint density at radius 2 is 1.79 bits per heavy atom. The summed E-state index contributed by atoms with van der Waals surface area (Å²) in [6, 6.07) is 3.53. The molecule has 1 saturated carbocycles. The highest BCUT2D eigenvalue weighted by Crippen LogP contribution is 2.18. The molecule has 8 nitrogen and oxygen atoms in total. The van der Waals surface area contributed by atoms with E-state index in [-0.39, 0.29) is 16.5 Å². The number of carbonyl (C=O) groups is 3. The van der Waals surface area contributed by atoms with Crippen LogP contribution in [0, 0.1) is 6.92 Å². The molecule has 0 radical (unpaired) electrons. The van der Waals surface area contributed by atoms with Crippen molar-refractivity contribution in [2.24, 2.45) is 0 Å². The lowest BCUT2D eigenvalue weighted by Gasteiger charge is -2.23. The minimum atomic E-state index is -3.49. The molecular weight excluding hydrogens is 384 g/mol. The summed E-state index contributed by atoms with van der Waals surface area (Å²) in [6.45, 7) is 2.97. The van der Waals surface area contributed by atoms with Gasteiger partial charge in [0.25, 0.3) is 5.91 Å². The number of esters is 1. The molecule has 0 heterocycles. The molecule has 9 heteroatoms. The molecule has 1 aromatic carbocycles. The fourth-order valence-corrected chi connectivity index (χ4v) is 3.66. The van der Waals surface area contributed by atoms with E-state index < -0.39 is 33.8 Å². The van der Waals surface area contributed by atoms with E-state index in [9.17, 15) is 22.8 Å². The Morgan fingerprint density at radius 3 is 2.39 bits per heavy atom. The van der Waals surface area contributed by atoms with Gasteiger partial charge in [-0.15, -0.1) is 0 Å². The zero-order valence-electron chi connectivity index (χ0n) is 16.3. The van der Waals surface area contributed by atoms with Crippen LogP contribution in [0.2, 0.25) is 0 Å². The maximum atomic E-state index is 12.4. The zero-order chi connectivity index (χ0) is 20.9. The highest BCUT2D eigenvalue weighted by molar-refractivity contribution is 7.90. The number of urea groups is 1. The van der Waals surface area contributed by atoms with Crippen LogP contribution in [0.1, 0.15) is 54.9 Å². The third-order valence-corrected chi connectivity index (χ3v) is 5.80. The van der Waals surface area contributed by atoms with Crippen LogP contribution in [-0.2, 0) is 19.4 Å². The van der Waals surface area contributed by atoms with Crippen LogP contribution in [0.4, 0.5) is 4.79 Å². The van der Waals surface area contributed by atoms with Gasteiger partial charge < -0.3 is 10.1 Å². The number of carbonyl (C=O) groups excluding carboxylic acids is 3. The van der Waals surface area contributed by atoms with Crippen molar-refractivity contribution in [2.75, 3.05) is 6.26 Å². The third-order valence-electron chi connectivity index (χ3n) is 4.69. The maximum Gasteiger partial charge on any atom is 0.339 e. The Bertz CT molecular complexity index is 859. The predicted octanol–water partition coefficient (Wildman–Crippen LogP) is 2.10. The highest BCUT2D eigenvalue weighted by Gasteiger charge is 2.24. The quantitative estimate of drug-likeness (QED) is 0.718. The molecule has 3 amide bonds. The lowest BCUT2D eigenvalue weighted by molar-refractivity contribution is -0.127. The summed E-state index contributed by atoms with van der Waals surface area (Å²) >= 11 is 0. The number of rotatable bonds is 5. The van der Waals surface area contributed by atoms with E-state index >= 15 is 0 Å². The van der Waals surface area contributed by atoms with Gasteiger partial charge in [0.05, 0.1) is 10.5 Å². The largest absolute Gasteiger partial charge is 0.449 e. The van der Waals surface area contributed by atoms with Crippen LogP contribution >= 0.6 is 0 Å². The summed E-state index contributed by atoms with van der Waals surface area (Å²) in [4.78, 5) is 36.4. The van der Waals surface area contributed by atoms with Crippen LogP contribution in [0.15, 0.2) is 23.1 Å². The normalized spacial score (nSPS) is 16.1. The van der Waals surface area contributed by atoms with E-state index in [4.69, 9.17) is 4.74 Å². The molecule has 28 heavy (non-hydrogen) atoms. The number of imide groups is 1. The number of amides is 3. The van der Waals surface area contributed by atoms with Crippen LogP contribution in [0.5, 0.6) is 0 Å². The van der Waals surface area contributed by atoms with Gasteiger partial charge in [-0.1, -0.05) is 25.3 Å². The Hall–Kier alpha value is -2.42. The maximum absolute atomic E-state index is 12.4. The minimum absolute atomic E-state index is 0.0194. The number of benzene rings is 1. The molecule has 1 fully saturated rings. The zero-order valence-corrected chi connectivity index (χ0v) is 17.1. The summed E-state index contributed by atoms with van der Waals surface area (Å²) in [5.41, 5.74) is 0.564. The van der Waals surface area contributed by atoms with E-state index in [1.54, 1.807) is 6.92 Å². The molecule has 1 unspecified atom stereocenters. The predicted molar refractivity (Wildman–Crippen MR) is 103 cm³/mol. The molecule has 154 valence electrons. The van der Waals surface area contributed by atoms with E-state index in [0.717, 1.165) is 38.4 Å². The first-order valence-corrected chi connectivity index (χ1v) is 11.1. The molecule has 1 aromatic rings. The van der Waals surface area contributed by atoms with Gasteiger partial charge >= 0.3 is 12.0 Å². The molecule has 0 aromatic heterocycles. The van der Waals surface area contributed by atoms with Gasteiger partial charge in [0.2, 0.25) is 0 Å². The van der Waals surface area contributed by atoms with E-state index in [1.165, 1.54) is 25.1 Å². The van der Waals surface area contributed by atoms with Crippen molar-refractivity contribution in [3.8, 4) is 0 Å². The van der Waals surface area contributed by atoms with Crippen LogP contribution in [0.25, 0.3) is 0 Å². The molecule has 2 N–H and O–H groups in total. The average Bonchev–Trinajstić information content (AvgIpc) is 2.61. The molecule has 0 spiro atoms. The Kier molecular flexibility index (Phi) is 7.17. The van der Waals surface area contributed by atoms with Crippen molar-refractivity contribution in [1.29, 1.82) is 0 Å². The number of hydrogen-bond donors (Lipinski definition) is 2. The SMILES string of the molecule is Cc1ccc(S(C)(=O)=O)cc1C(=O)OC(C)C(=O)NC(=O)NC1CCCCC1. The Morgan fingerprint density at radius 1 is 1.14 bits per heavy atom. The smallest absolute Gasteiger partial charge is 0.339 e. The van der Waals surface area contributed by atoms with Crippen molar-refractivity contribution in [2.45, 2.75) is 63.0 Å². The van der Waals surface area contributed by atoms with Gasteiger partial charge in [-0.25, -0.2) is 18.0 Å². The Labute approximate surface area is 164 Å². The van der Waals surface area contributed by atoms with E-state index in [1.807, 2.05) is 0 Å². The van der Waals surface area contributed by atoms with Crippen LogP contribution < -0.4 is 10.6 Å². The number of nitrogens with one attached hydrogen (secondary N) is 2. The van der Waals surface area contributed by atoms with Crippen molar-refractivity contribution >= 4 is 27.7 Å². The summed E-state index contributed by atoms with van der Waals surface area (Å²) in [5.74, 6) is -1.59. The summed E-state index contributed by atoms with van der Waals surface area (Å²) < 4.78 is 28.5. The van der Waals surface area contributed by atoms with Gasteiger partial charge in [-0.05, 0) is 44.4 Å². The van der Waals surface area contributed by atoms with Gasteiger partial charge in [0, 0.05) is 12.3 Å². The second kappa shape index (κ2) is 9.18. The monoisotopic (exact) mass is 410 g/mol. The molecule has 0 aliphatic heterocycles. The lowest BCUT2D eigenvalue weighted by atomic mass is 9.96. The van der Waals surface area contributed by atoms with Crippen molar-refractivity contribution in [3.05, 3.63) is 29.3 Å². The number of ether oxygens (including phenoxy) is 1. The highest BCUT2D eigenvalue weighted by atomic mass is 32.2. The molecule has 1 aliphatic carbocycles. The van der Waals surface area contributed by atoms with Crippen LogP contribution in [-0.4, -0.2) is 44.7 Å². The lowest BCUT2D eigenvalue weighted by Crippen LogP contribution is -2.48. The molecule has 0 bridgehead atoms. The van der Waals surface area contributed by atoms with E-state index in [2.05, 4.69) is 10.6 Å². The molecule has 0 saturated heterocycles. The van der Waals surface area contributed by atoms with Gasteiger partial charge in [0.15, 0.2) is 15.9 Å². The van der Waals surface area contributed by atoms with E-state index in [0.29, 0.717) is 5.56 Å². The Balaban J connectivity index is 1.96. The molecular formula is C19H26N2O6S. The van der Waals surface area contributed by atoms with Crippen molar-refractivity contribution in [1.82, 2.24) is 10.6 Å². The number of hydrogen-bond acceptors (Lipinski definition) is 6. The summed E-state index contributed by atoms with van der Waals surface area (Å²) in [5, 5.41) is 4.92. The first kappa shape index (κ1) is 21.9. The standard InChI is InChI=1S/C19H26N2O6S/c1-12-9-10-15(28(3,25)26)11-16(12)18(23)27-13(2)17(22)21-19(24)20-14-7-5-4-6-8-14/h9-11,13-14H,4-8H2,1-3H3,(H2,20,21,22,24). The van der Waals surface area contributed by atoms with Crippen LogP contribution in [0.3, 0.4) is 0 Å². The number of aryl methyl sites for hydroxylation is 1. The summed E-state index contributed by atoms with van der Waals surface area (Å²) in [7, 11) is -3.49. The molecule has 1 aliphatic rings. The van der Waals surface area contributed by atoms with Gasteiger partial charge in [-0.2, -0.15) is 0 Å². The third kappa shape index (κ3) is 6.05. The fraction of sp³-hybridized carbons (Fsp3) is 0.526. The average molecular weight is 410 g/mol. The number of sulfone groups is 1. The first-order valence-electron chi connectivity index (χ1n) is 9.21. The molecule has 2 rings (SSSR count). The van der Waals surface area contributed by atoms with Crippen molar-refractivity contribution < 1.29 is 27.5 Å². The van der Waals surface area contributed by atoms with Gasteiger partial charge in [0.1, 0.15) is 0 Å². The second-order valence-corrected chi connectivity index (χ2v) is 9.11.